The third-order valence-electron chi connectivity index (χ3n) is 6.51. The van der Waals surface area contributed by atoms with E-state index in [1.54, 1.807) is 19.1 Å². The maximum atomic E-state index is 13.5. The number of hydrogen-bond donors (Lipinski definition) is 1. The SMILES string of the molecule is CCOc1cc([C@H]2C(C(=O)OCc3ccccc3)=C(C)N=C3CC(C)(C)CC(=O)C32)cc(Br)c1O. The topological polar surface area (TPSA) is 85.2 Å². The minimum absolute atomic E-state index is 0.0229. The van der Waals surface area contributed by atoms with E-state index >= 15 is 0 Å². The summed E-state index contributed by atoms with van der Waals surface area (Å²) in [5.74, 6) is -1.35. The molecule has 1 N–H and O–H groups in total. The molecule has 6 nitrogen and oxygen atoms in total. The van der Waals surface area contributed by atoms with Gasteiger partial charge in [-0.15, -0.1) is 0 Å². The summed E-state index contributed by atoms with van der Waals surface area (Å²) < 4.78 is 11.8. The number of allylic oxidation sites excluding steroid dienone is 1. The second-order valence-electron chi connectivity index (χ2n) is 9.89. The minimum Gasteiger partial charge on any atom is -0.503 e. The highest BCUT2D eigenvalue weighted by atomic mass is 79.9. The van der Waals surface area contributed by atoms with E-state index in [4.69, 9.17) is 14.5 Å². The average Bonchev–Trinajstić information content (AvgIpc) is 2.79. The maximum absolute atomic E-state index is 13.5. The van der Waals surface area contributed by atoms with Gasteiger partial charge in [-0.05, 0) is 64.9 Å². The van der Waals surface area contributed by atoms with Crippen LogP contribution in [0.1, 0.15) is 57.6 Å². The summed E-state index contributed by atoms with van der Waals surface area (Å²) in [7, 11) is 0. The number of hydrogen-bond acceptors (Lipinski definition) is 6. The predicted molar refractivity (Wildman–Crippen MR) is 138 cm³/mol. The van der Waals surface area contributed by atoms with E-state index in [0.717, 1.165) is 11.3 Å². The number of Topliss-reactive ketones (excluding diaryl/α,β-unsaturated/α-hetero) is 1. The molecule has 1 aliphatic carbocycles. The summed E-state index contributed by atoms with van der Waals surface area (Å²) >= 11 is 3.41. The van der Waals surface area contributed by atoms with Crippen LogP contribution in [0.4, 0.5) is 0 Å². The van der Waals surface area contributed by atoms with Crippen molar-refractivity contribution in [2.24, 2.45) is 16.3 Å². The van der Waals surface area contributed by atoms with E-state index in [0.29, 0.717) is 46.5 Å². The van der Waals surface area contributed by atoms with Gasteiger partial charge < -0.3 is 14.6 Å². The molecule has 1 saturated carbocycles. The number of nitrogens with zero attached hydrogens (tertiary/aromatic N) is 1. The molecule has 1 fully saturated rings. The van der Waals surface area contributed by atoms with Crippen LogP contribution in [0.3, 0.4) is 0 Å². The minimum atomic E-state index is -0.592. The Hall–Kier alpha value is -2.93. The average molecular weight is 540 g/mol. The number of ether oxygens (including phenoxy) is 2. The number of phenols is 1. The van der Waals surface area contributed by atoms with Crippen LogP contribution >= 0.6 is 15.9 Å². The molecule has 35 heavy (non-hydrogen) atoms. The highest BCUT2D eigenvalue weighted by molar-refractivity contribution is 9.10. The molecule has 4 rings (SSSR count). The van der Waals surface area contributed by atoms with Crippen molar-refractivity contribution in [2.75, 3.05) is 6.61 Å². The number of ketones is 1. The van der Waals surface area contributed by atoms with Crippen LogP contribution in [0.25, 0.3) is 0 Å². The normalized spacial score (nSPS) is 21.3. The molecule has 184 valence electrons. The standard InChI is InChI=1S/C28H30BrNO5/c1-5-34-22-12-18(11-19(29)26(22)32)24-23(27(33)35-15-17-9-7-6-8-10-17)16(2)30-20-13-28(3,4)14-21(31)25(20)24/h6-12,24-25,32H,5,13-15H2,1-4H3/t24-,25?/m0/s1. The fourth-order valence-corrected chi connectivity index (χ4v) is 5.52. The molecule has 7 heteroatoms. The number of benzene rings is 2. The van der Waals surface area contributed by atoms with E-state index in [2.05, 4.69) is 29.8 Å². The molecule has 2 aromatic rings. The lowest BCUT2D eigenvalue weighted by Gasteiger charge is -2.41. The summed E-state index contributed by atoms with van der Waals surface area (Å²) in [6.07, 6.45) is 1.07. The Balaban J connectivity index is 1.81. The van der Waals surface area contributed by atoms with Gasteiger partial charge in [-0.25, -0.2) is 4.79 Å². The number of rotatable bonds is 6. The van der Waals surface area contributed by atoms with E-state index < -0.39 is 17.8 Å². The number of carbonyl (C=O) groups is 2. The van der Waals surface area contributed by atoms with Crippen LogP contribution in [-0.4, -0.2) is 29.2 Å². The Morgan fingerprint density at radius 1 is 1.17 bits per heavy atom. The Bertz CT molecular complexity index is 1220. The number of esters is 1. The van der Waals surface area contributed by atoms with Crippen molar-refractivity contribution in [3.63, 3.8) is 0 Å². The van der Waals surface area contributed by atoms with Crippen LogP contribution < -0.4 is 4.74 Å². The second-order valence-corrected chi connectivity index (χ2v) is 10.7. The third-order valence-corrected chi connectivity index (χ3v) is 7.11. The molecule has 2 atom stereocenters. The zero-order valence-electron chi connectivity index (χ0n) is 20.4. The van der Waals surface area contributed by atoms with Crippen LogP contribution in [0.2, 0.25) is 0 Å². The fourth-order valence-electron chi connectivity index (χ4n) is 5.06. The Morgan fingerprint density at radius 2 is 1.89 bits per heavy atom. The third kappa shape index (κ3) is 5.20. The van der Waals surface area contributed by atoms with Gasteiger partial charge in [0.2, 0.25) is 0 Å². The van der Waals surface area contributed by atoms with E-state index in [9.17, 15) is 14.7 Å². The Morgan fingerprint density at radius 3 is 2.57 bits per heavy atom. The van der Waals surface area contributed by atoms with Gasteiger partial charge in [-0.2, -0.15) is 0 Å². The molecule has 0 aromatic heterocycles. The summed E-state index contributed by atoms with van der Waals surface area (Å²) in [6.45, 7) is 8.22. The molecule has 2 aliphatic rings. The first-order valence-corrected chi connectivity index (χ1v) is 12.6. The number of halogens is 1. The Kier molecular flexibility index (Phi) is 7.17. The first-order chi connectivity index (χ1) is 16.6. The largest absolute Gasteiger partial charge is 0.503 e. The lowest BCUT2D eigenvalue weighted by molar-refractivity contribution is -0.140. The molecule has 1 aliphatic heterocycles. The number of aliphatic imine (C=N–C) groups is 1. The summed E-state index contributed by atoms with van der Waals surface area (Å²) in [4.78, 5) is 31.7. The van der Waals surface area contributed by atoms with Gasteiger partial charge in [0.1, 0.15) is 12.4 Å². The number of carbonyl (C=O) groups excluding carboxylic acids is 2. The van der Waals surface area contributed by atoms with Crippen molar-refractivity contribution in [1.82, 2.24) is 0 Å². The summed E-state index contributed by atoms with van der Waals surface area (Å²) in [5, 5.41) is 10.5. The van der Waals surface area contributed by atoms with E-state index in [1.165, 1.54) is 0 Å². The quantitative estimate of drug-likeness (QED) is 0.447. The molecule has 1 unspecified atom stereocenters. The van der Waals surface area contributed by atoms with Gasteiger partial charge in [-0.1, -0.05) is 44.2 Å². The van der Waals surface area contributed by atoms with Gasteiger partial charge in [0.15, 0.2) is 11.5 Å². The first-order valence-electron chi connectivity index (χ1n) is 11.8. The highest BCUT2D eigenvalue weighted by Gasteiger charge is 2.48. The van der Waals surface area contributed by atoms with Crippen LogP contribution in [0.5, 0.6) is 11.5 Å². The van der Waals surface area contributed by atoms with Crippen molar-refractivity contribution in [2.45, 2.75) is 53.1 Å². The molecule has 0 amide bonds. The fraction of sp³-hybridized carbons (Fsp3) is 0.393. The van der Waals surface area contributed by atoms with Crippen molar-refractivity contribution in [3.8, 4) is 11.5 Å². The van der Waals surface area contributed by atoms with Crippen molar-refractivity contribution < 1.29 is 24.2 Å². The van der Waals surface area contributed by atoms with Crippen LogP contribution in [-0.2, 0) is 20.9 Å². The smallest absolute Gasteiger partial charge is 0.336 e. The van der Waals surface area contributed by atoms with Crippen molar-refractivity contribution >= 4 is 33.4 Å². The molecule has 2 aromatic carbocycles. The summed E-state index contributed by atoms with van der Waals surface area (Å²) in [5.41, 5.74) is 3.06. The van der Waals surface area contributed by atoms with Gasteiger partial charge >= 0.3 is 5.97 Å². The second kappa shape index (κ2) is 9.97. The zero-order chi connectivity index (χ0) is 25.3. The molecule has 1 heterocycles. The number of aromatic hydroxyl groups is 1. The molecule has 0 spiro atoms. The molecule has 0 radical (unpaired) electrons. The zero-order valence-corrected chi connectivity index (χ0v) is 22.0. The maximum Gasteiger partial charge on any atom is 0.336 e. The van der Waals surface area contributed by atoms with Gasteiger partial charge in [-0.3, -0.25) is 9.79 Å². The molecule has 0 saturated heterocycles. The van der Waals surface area contributed by atoms with Gasteiger partial charge in [0.05, 0.1) is 22.6 Å². The van der Waals surface area contributed by atoms with Gasteiger partial charge in [0, 0.05) is 23.7 Å². The molecule has 0 bridgehead atoms. The lowest BCUT2D eigenvalue weighted by atomic mass is 9.63. The van der Waals surface area contributed by atoms with Gasteiger partial charge in [0.25, 0.3) is 0 Å². The van der Waals surface area contributed by atoms with Crippen molar-refractivity contribution in [1.29, 1.82) is 0 Å². The number of fused-ring (bicyclic) bond motifs is 1. The van der Waals surface area contributed by atoms with Crippen molar-refractivity contribution in [3.05, 3.63) is 69.3 Å². The molecular formula is C28H30BrNO5. The van der Waals surface area contributed by atoms with Crippen LogP contribution in [0.15, 0.2) is 63.2 Å². The molecular weight excluding hydrogens is 510 g/mol. The van der Waals surface area contributed by atoms with E-state index in [-0.39, 0.29) is 23.6 Å². The highest BCUT2D eigenvalue weighted by Crippen LogP contribution is 2.49. The van der Waals surface area contributed by atoms with E-state index in [1.807, 2.05) is 37.3 Å². The predicted octanol–water partition coefficient (Wildman–Crippen LogP) is 6.11. The first kappa shape index (κ1) is 25.2. The van der Waals surface area contributed by atoms with Crippen LogP contribution in [0, 0.1) is 11.3 Å². The number of phenolic OH excluding ortho intramolecular Hbond substituents is 1. The monoisotopic (exact) mass is 539 g/mol. The Labute approximate surface area is 214 Å². The summed E-state index contributed by atoms with van der Waals surface area (Å²) in [6, 6.07) is 12.9. The lowest BCUT2D eigenvalue weighted by Crippen LogP contribution is -2.44.